The first-order valence-corrected chi connectivity index (χ1v) is 9.82. The van der Waals surface area contributed by atoms with Crippen molar-refractivity contribution < 1.29 is 14.3 Å². The van der Waals surface area contributed by atoms with Crippen LogP contribution in [-0.4, -0.2) is 30.5 Å². The van der Waals surface area contributed by atoms with Crippen molar-refractivity contribution in [2.24, 2.45) is 5.73 Å². The van der Waals surface area contributed by atoms with Gasteiger partial charge in [0.15, 0.2) is 0 Å². The molecule has 1 heterocycles. The molecule has 0 radical (unpaired) electrons. The third-order valence-corrected chi connectivity index (χ3v) is 4.70. The minimum absolute atomic E-state index is 0.448. The Labute approximate surface area is 177 Å². The van der Waals surface area contributed by atoms with Gasteiger partial charge in [0.2, 0.25) is 5.91 Å². The number of aldehydes is 1. The summed E-state index contributed by atoms with van der Waals surface area (Å²) in [6.45, 7) is 4.72. The third kappa shape index (κ3) is 5.58. The molecule has 0 fully saturated rings. The van der Waals surface area contributed by atoms with Gasteiger partial charge in [-0.25, -0.2) is 0 Å². The lowest BCUT2D eigenvalue weighted by atomic mass is 10.1. The van der Waals surface area contributed by atoms with Gasteiger partial charge in [-0.2, -0.15) is 0 Å². The van der Waals surface area contributed by atoms with Gasteiger partial charge in [0.05, 0.1) is 5.69 Å². The molecular weight excluding hydrogens is 378 g/mol. The van der Waals surface area contributed by atoms with E-state index < -0.39 is 5.91 Å². The van der Waals surface area contributed by atoms with Gasteiger partial charge in [-0.3, -0.25) is 4.79 Å². The van der Waals surface area contributed by atoms with E-state index in [1.165, 1.54) is 0 Å². The molecule has 0 aliphatic rings. The summed E-state index contributed by atoms with van der Waals surface area (Å²) in [6.07, 6.45) is 2.00. The van der Waals surface area contributed by atoms with Crippen LogP contribution in [-0.2, 0) is 16.0 Å². The summed E-state index contributed by atoms with van der Waals surface area (Å²) in [4.78, 5) is 22.3. The second kappa shape index (κ2) is 11.0. The number of hydrogen-bond donors (Lipinski definition) is 2. The predicted molar refractivity (Wildman–Crippen MR) is 121 cm³/mol. The number of aryl methyl sites for hydroxylation is 2. The number of nitrogen functional groups attached to an aromatic ring is 1. The molecule has 0 saturated heterocycles. The van der Waals surface area contributed by atoms with E-state index in [1.807, 2.05) is 56.3 Å². The van der Waals surface area contributed by atoms with Crippen LogP contribution in [0.4, 0.5) is 5.69 Å². The number of ether oxygens (including phenoxy) is 1. The van der Waals surface area contributed by atoms with Crippen LogP contribution in [0, 0.1) is 6.92 Å². The molecule has 1 amide bonds. The molecule has 30 heavy (non-hydrogen) atoms. The molecule has 3 aromatic rings. The van der Waals surface area contributed by atoms with Crippen LogP contribution >= 0.6 is 0 Å². The Morgan fingerprint density at radius 3 is 2.30 bits per heavy atom. The van der Waals surface area contributed by atoms with E-state index >= 15 is 0 Å². The summed E-state index contributed by atoms with van der Waals surface area (Å²) >= 11 is 0. The van der Waals surface area contributed by atoms with Crippen molar-refractivity contribution in [2.45, 2.75) is 26.7 Å². The number of benzene rings is 2. The highest BCUT2D eigenvalue weighted by atomic mass is 16.5. The summed E-state index contributed by atoms with van der Waals surface area (Å²) in [5, 5.41) is 0. The van der Waals surface area contributed by atoms with Crippen LogP contribution in [0.25, 0.3) is 16.9 Å². The van der Waals surface area contributed by atoms with Gasteiger partial charge in [-0.15, -0.1) is 0 Å². The van der Waals surface area contributed by atoms with E-state index in [2.05, 4.69) is 9.30 Å². The molecule has 2 aromatic carbocycles. The number of carbonyl (C=O) groups is 2. The van der Waals surface area contributed by atoms with Gasteiger partial charge in [-0.05, 0) is 73.9 Å². The molecule has 6 heteroatoms. The minimum Gasteiger partial charge on any atom is -0.399 e. The van der Waals surface area contributed by atoms with Crippen molar-refractivity contribution in [3.63, 3.8) is 0 Å². The van der Waals surface area contributed by atoms with Crippen LogP contribution in [0.1, 0.15) is 35.0 Å². The largest absolute Gasteiger partial charge is 0.399 e. The van der Waals surface area contributed by atoms with Gasteiger partial charge >= 0.3 is 0 Å². The number of aromatic nitrogens is 1. The minimum atomic E-state index is -0.452. The Morgan fingerprint density at radius 1 is 1.10 bits per heavy atom. The van der Waals surface area contributed by atoms with E-state index in [-0.39, 0.29) is 0 Å². The average molecular weight is 408 g/mol. The highest BCUT2D eigenvalue weighted by Crippen LogP contribution is 2.30. The van der Waals surface area contributed by atoms with Crippen molar-refractivity contribution in [3.05, 3.63) is 71.4 Å². The number of rotatable bonds is 7. The highest BCUT2D eigenvalue weighted by Gasteiger charge is 2.14. The van der Waals surface area contributed by atoms with Crippen molar-refractivity contribution in [1.82, 2.24) is 4.57 Å². The molecule has 6 nitrogen and oxygen atoms in total. The Hall–Kier alpha value is -3.38. The van der Waals surface area contributed by atoms with E-state index in [0.717, 1.165) is 41.1 Å². The number of carbonyl (C=O) groups excluding carboxylic acids is 2. The topological polar surface area (TPSA) is 100 Å². The van der Waals surface area contributed by atoms with Crippen molar-refractivity contribution in [3.8, 4) is 16.9 Å². The summed E-state index contributed by atoms with van der Waals surface area (Å²) in [5.41, 5.74) is 17.3. The fourth-order valence-electron chi connectivity index (χ4n) is 3.10. The lowest BCUT2D eigenvalue weighted by molar-refractivity contribution is -0.107. The molecule has 3 rings (SSSR count). The van der Waals surface area contributed by atoms with Crippen molar-refractivity contribution in [1.29, 1.82) is 0 Å². The zero-order valence-corrected chi connectivity index (χ0v) is 17.7. The molecule has 1 aromatic heterocycles. The molecule has 0 bridgehead atoms. The molecular formula is C24H29N3O3. The molecule has 0 aliphatic carbocycles. The van der Waals surface area contributed by atoms with Crippen LogP contribution < -0.4 is 11.5 Å². The first-order chi connectivity index (χ1) is 14.4. The molecule has 0 unspecified atom stereocenters. The molecule has 158 valence electrons. The SMILES string of the molecule is CCOC.Cc1cc(C(N)=O)ccc1-n1c(CCC=O)ccc1-c1ccc(N)cc1. The lowest BCUT2D eigenvalue weighted by Crippen LogP contribution is -2.12. The number of amides is 1. The van der Waals surface area contributed by atoms with Gasteiger partial charge in [0.25, 0.3) is 0 Å². The fourth-order valence-corrected chi connectivity index (χ4v) is 3.10. The first kappa shape index (κ1) is 22.9. The monoisotopic (exact) mass is 407 g/mol. The number of hydrogen-bond acceptors (Lipinski definition) is 4. The molecule has 0 spiro atoms. The van der Waals surface area contributed by atoms with Gasteiger partial charge in [-0.1, -0.05) is 12.1 Å². The Kier molecular flexibility index (Phi) is 8.38. The van der Waals surface area contributed by atoms with Crippen LogP contribution in [0.15, 0.2) is 54.6 Å². The smallest absolute Gasteiger partial charge is 0.248 e. The fraction of sp³-hybridized carbons (Fsp3) is 0.250. The zero-order chi connectivity index (χ0) is 22.1. The Balaban J connectivity index is 0.000000735. The molecule has 0 saturated carbocycles. The Morgan fingerprint density at radius 2 is 1.77 bits per heavy atom. The van der Waals surface area contributed by atoms with Crippen molar-refractivity contribution in [2.75, 3.05) is 19.5 Å². The summed E-state index contributed by atoms with van der Waals surface area (Å²) < 4.78 is 6.66. The van der Waals surface area contributed by atoms with Gasteiger partial charge < -0.3 is 25.6 Å². The van der Waals surface area contributed by atoms with Crippen molar-refractivity contribution >= 4 is 17.9 Å². The van der Waals surface area contributed by atoms with Gasteiger partial charge in [0.1, 0.15) is 6.29 Å². The highest BCUT2D eigenvalue weighted by molar-refractivity contribution is 5.93. The quantitative estimate of drug-likeness (QED) is 0.458. The zero-order valence-electron chi connectivity index (χ0n) is 17.7. The molecule has 0 aliphatic heterocycles. The Bertz CT molecular complexity index is 989. The number of nitrogens with two attached hydrogens (primary N) is 2. The lowest BCUT2D eigenvalue weighted by Gasteiger charge is -2.17. The molecule has 0 atom stereocenters. The normalized spacial score (nSPS) is 10.2. The maximum absolute atomic E-state index is 11.4. The average Bonchev–Trinajstić information content (AvgIpc) is 3.16. The van der Waals surface area contributed by atoms with Crippen LogP contribution in [0.2, 0.25) is 0 Å². The van der Waals surface area contributed by atoms with Gasteiger partial charge in [0, 0.05) is 42.8 Å². The molecule has 4 N–H and O–H groups in total. The number of nitrogens with zero attached hydrogens (tertiary/aromatic N) is 1. The van der Waals surface area contributed by atoms with Crippen LogP contribution in [0.3, 0.4) is 0 Å². The van der Waals surface area contributed by atoms with Crippen LogP contribution in [0.5, 0.6) is 0 Å². The van der Waals surface area contributed by atoms with E-state index in [1.54, 1.807) is 19.2 Å². The maximum Gasteiger partial charge on any atom is 0.248 e. The second-order valence-corrected chi connectivity index (χ2v) is 6.82. The standard InChI is InChI=1S/C21H21N3O2.C3H8O/c1-14-13-16(21(23)26)6-10-19(14)24-18(3-2-12-25)9-11-20(24)15-4-7-17(22)8-5-15;1-3-4-2/h4-13H,2-3,22H2,1H3,(H2,23,26);3H2,1-2H3. The number of primary amides is 1. The van der Waals surface area contributed by atoms with E-state index in [9.17, 15) is 9.59 Å². The summed E-state index contributed by atoms with van der Waals surface area (Å²) in [6, 6.07) is 17.1. The van der Waals surface area contributed by atoms with E-state index in [4.69, 9.17) is 11.5 Å². The number of methoxy groups -OCH3 is 1. The maximum atomic E-state index is 11.4. The summed E-state index contributed by atoms with van der Waals surface area (Å²) in [5.74, 6) is -0.452. The second-order valence-electron chi connectivity index (χ2n) is 6.82. The summed E-state index contributed by atoms with van der Waals surface area (Å²) in [7, 11) is 1.68. The van der Waals surface area contributed by atoms with E-state index in [0.29, 0.717) is 24.1 Å². The first-order valence-electron chi connectivity index (χ1n) is 9.82. The third-order valence-electron chi connectivity index (χ3n) is 4.70. The number of anilines is 1. The predicted octanol–water partition coefficient (Wildman–Crippen LogP) is 3.92.